The van der Waals surface area contributed by atoms with E-state index in [0.29, 0.717) is 10.5 Å². The summed E-state index contributed by atoms with van der Waals surface area (Å²) in [6.45, 7) is 0.243. The number of halogens is 5. The molecular formula is C12H15F5N2. The molecule has 0 saturated heterocycles. The average Bonchev–Trinajstić information content (AvgIpc) is 2.10. The predicted molar refractivity (Wildman–Crippen MR) is 63.0 cm³/mol. The van der Waals surface area contributed by atoms with Crippen molar-refractivity contribution in [2.24, 2.45) is 5.73 Å². The van der Waals surface area contributed by atoms with Gasteiger partial charge < -0.3 is 10.6 Å². The van der Waals surface area contributed by atoms with Gasteiger partial charge in [-0.1, -0.05) is 0 Å². The van der Waals surface area contributed by atoms with Crippen LogP contribution < -0.4 is 10.6 Å². The average molecular weight is 282 g/mol. The third-order valence-corrected chi connectivity index (χ3v) is 2.43. The Bertz CT molecular complexity index is 419. The zero-order chi connectivity index (χ0) is 14.8. The van der Waals surface area contributed by atoms with Gasteiger partial charge in [0.25, 0.3) is 0 Å². The summed E-state index contributed by atoms with van der Waals surface area (Å²) in [7, 11) is 0.986. The smallest absolute Gasteiger partial charge is 0.361 e. The van der Waals surface area contributed by atoms with Crippen molar-refractivity contribution in [1.82, 2.24) is 0 Å². The first-order chi connectivity index (χ1) is 8.60. The van der Waals surface area contributed by atoms with Gasteiger partial charge in [0.1, 0.15) is 23.9 Å². The molecule has 0 heterocycles. The fourth-order valence-electron chi connectivity index (χ4n) is 1.82. The molecule has 1 aromatic rings. The minimum Gasteiger partial charge on any atom is -0.361 e. The number of anilines is 1. The lowest BCUT2D eigenvalue weighted by Crippen LogP contribution is -2.32. The van der Waals surface area contributed by atoms with Crippen LogP contribution in [0.25, 0.3) is 0 Å². The molecule has 1 rings (SSSR count). The summed E-state index contributed by atoms with van der Waals surface area (Å²) < 4.78 is 64.0. The van der Waals surface area contributed by atoms with Gasteiger partial charge in [0.15, 0.2) is 0 Å². The number of rotatable bonds is 4. The molecule has 1 aromatic carbocycles. The highest BCUT2D eigenvalue weighted by molar-refractivity contribution is 5.50. The molecule has 0 aliphatic carbocycles. The van der Waals surface area contributed by atoms with E-state index >= 15 is 0 Å². The van der Waals surface area contributed by atoms with Crippen LogP contribution in [0.2, 0.25) is 0 Å². The summed E-state index contributed by atoms with van der Waals surface area (Å²) in [6.07, 6.45) is -4.28. The Hall–Kier alpha value is -1.37. The van der Waals surface area contributed by atoms with E-state index in [1.807, 2.05) is 0 Å². The molecule has 1 atom stereocenters. The van der Waals surface area contributed by atoms with Crippen LogP contribution in [0.1, 0.15) is 12.5 Å². The second-order valence-corrected chi connectivity index (χ2v) is 4.56. The van der Waals surface area contributed by atoms with Gasteiger partial charge in [0, 0.05) is 13.1 Å². The number of alkyl halides is 3. The largest absolute Gasteiger partial charge is 0.405 e. The minimum absolute atomic E-state index is 0.247. The van der Waals surface area contributed by atoms with Crippen LogP contribution in [0, 0.1) is 11.6 Å². The lowest BCUT2D eigenvalue weighted by atomic mass is 10.1. The summed E-state index contributed by atoms with van der Waals surface area (Å²) in [5, 5.41) is 0. The summed E-state index contributed by atoms with van der Waals surface area (Å²) in [4.78, 5) is 0.500. The number of hydrogen-bond acceptors (Lipinski definition) is 2. The Morgan fingerprint density at radius 2 is 1.68 bits per heavy atom. The van der Waals surface area contributed by atoms with Crippen LogP contribution >= 0.6 is 0 Å². The van der Waals surface area contributed by atoms with Gasteiger partial charge in [-0.2, -0.15) is 13.2 Å². The van der Waals surface area contributed by atoms with Gasteiger partial charge in [-0.15, -0.1) is 0 Å². The standard InChI is InChI=1S/C12H15F5N2/c1-7(18)3-8-4-9(13)11(10(14)5-8)19(2)6-12(15,16)17/h4-5,7H,3,6,18H2,1-2H3. The number of hydrogen-bond donors (Lipinski definition) is 1. The normalized spacial score (nSPS) is 13.5. The van der Waals surface area contributed by atoms with Crippen LogP contribution in [0.5, 0.6) is 0 Å². The first kappa shape index (κ1) is 15.7. The molecule has 2 nitrogen and oxygen atoms in total. The maximum atomic E-state index is 13.7. The first-order valence-corrected chi connectivity index (χ1v) is 5.61. The highest BCUT2D eigenvalue weighted by Crippen LogP contribution is 2.27. The number of nitrogens with two attached hydrogens (primary N) is 1. The van der Waals surface area contributed by atoms with E-state index in [1.165, 1.54) is 0 Å². The molecule has 0 saturated carbocycles. The van der Waals surface area contributed by atoms with Crippen LogP contribution in [0.3, 0.4) is 0 Å². The van der Waals surface area contributed by atoms with Gasteiger partial charge in [0.05, 0.1) is 0 Å². The highest BCUT2D eigenvalue weighted by atomic mass is 19.4. The fraction of sp³-hybridized carbons (Fsp3) is 0.500. The topological polar surface area (TPSA) is 29.3 Å². The van der Waals surface area contributed by atoms with E-state index in [0.717, 1.165) is 19.2 Å². The maximum Gasteiger partial charge on any atom is 0.405 e. The van der Waals surface area contributed by atoms with E-state index in [1.54, 1.807) is 6.92 Å². The summed E-state index contributed by atoms with van der Waals surface area (Å²) in [6, 6.07) is 1.72. The predicted octanol–water partition coefficient (Wildman–Crippen LogP) is 2.85. The van der Waals surface area contributed by atoms with Crippen LogP contribution in [0.4, 0.5) is 27.6 Å². The van der Waals surface area contributed by atoms with Gasteiger partial charge in [-0.05, 0) is 31.0 Å². The Labute approximate surface area is 108 Å². The molecule has 0 fully saturated rings. The van der Waals surface area contributed by atoms with E-state index in [-0.39, 0.29) is 12.5 Å². The van der Waals surface area contributed by atoms with E-state index < -0.39 is 30.0 Å². The van der Waals surface area contributed by atoms with Crippen molar-refractivity contribution in [3.63, 3.8) is 0 Å². The lowest BCUT2D eigenvalue weighted by molar-refractivity contribution is -0.119. The molecule has 0 aromatic heterocycles. The van der Waals surface area contributed by atoms with Crippen molar-refractivity contribution >= 4 is 5.69 Å². The van der Waals surface area contributed by atoms with Gasteiger partial charge in [0.2, 0.25) is 0 Å². The SMILES string of the molecule is CC(N)Cc1cc(F)c(N(C)CC(F)(F)F)c(F)c1. The molecule has 0 radical (unpaired) electrons. The Morgan fingerprint density at radius 3 is 2.05 bits per heavy atom. The van der Waals surface area contributed by atoms with E-state index in [4.69, 9.17) is 5.73 Å². The van der Waals surface area contributed by atoms with Gasteiger partial charge in [-0.25, -0.2) is 8.78 Å². The molecule has 108 valence electrons. The summed E-state index contributed by atoms with van der Waals surface area (Å²) in [5.74, 6) is -2.05. The molecule has 7 heteroatoms. The van der Waals surface area contributed by atoms with Crippen molar-refractivity contribution < 1.29 is 22.0 Å². The highest BCUT2D eigenvalue weighted by Gasteiger charge is 2.31. The third-order valence-electron chi connectivity index (χ3n) is 2.43. The Morgan fingerprint density at radius 1 is 1.21 bits per heavy atom. The fourth-order valence-corrected chi connectivity index (χ4v) is 1.82. The quantitative estimate of drug-likeness (QED) is 0.860. The summed E-state index contributed by atoms with van der Waals surface area (Å²) in [5.41, 5.74) is 5.13. The molecule has 2 N–H and O–H groups in total. The van der Waals surface area contributed by atoms with Gasteiger partial charge >= 0.3 is 6.18 Å². The molecule has 0 aliphatic heterocycles. The molecule has 0 bridgehead atoms. The molecule has 19 heavy (non-hydrogen) atoms. The maximum absolute atomic E-state index is 13.7. The number of benzene rings is 1. The minimum atomic E-state index is -4.53. The van der Waals surface area contributed by atoms with Crippen LogP contribution in [0.15, 0.2) is 12.1 Å². The molecule has 0 amide bonds. The van der Waals surface area contributed by atoms with Crippen molar-refractivity contribution in [1.29, 1.82) is 0 Å². The second-order valence-electron chi connectivity index (χ2n) is 4.56. The molecular weight excluding hydrogens is 267 g/mol. The first-order valence-electron chi connectivity index (χ1n) is 5.61. The van der Waals surface area contributed by atoms with E-state index in [2.05, 4.69) is 0 Å². The van der Waals surface area contributed by atoms with Crippen molar-refractivity contribution in [3.8, 4) is 0 Å². The van der Waals surface area contributed by atoms with E-state index in [9.17, 15) is 22.0 Å². The zero-order valence-corrected chi connectivity index (χ0v) is 10.6. The third kappa shape index (κ3) is 4.66. The zero-order valence-electron chi connectivity index (χ0n) is 10.6. The molecule has 0 aliphatic rings. The van der Waals surface area contributed by atoms with Crippen LogP contribution in [-0.2, 0) is 6.42 Å². The Balaban J connectivity index is 3.03. The van der Waals surface area contributed by atoms with Crippen molar-refractivity contribution in [2.75, 3.05) is 18.5 Å². The lowest BCUT2D eigenvalue weighted by Gasteiger charge is -2.22. The van der Waals surface area contributed by atoms with Gasteiger partial charge in [-0.3, -0.25) is 0 Å². The monoisotopic (exact) mass is 282 g/mol. The summed E-state index contributed by atoms with van der Waals surface area (Å²) >= 11 is 0. The second kappa shape index (κ2) is 5.73. The molecule has 0 spiro atoms. The van der Waals surface area contributed by atoms with Crippen LogP contribution in [-0.4, -0.2) is 25.8 Å². The Kier molecular flexibility index (Phi) is 4.73. The van der Waals surface area contributed by atoms with Crippen molar-refractivity contribution in [3.05, 3.63) is 29.3 Å². The van der Waals surface area contributed by atoms with Crippen molar-refractivity contribution in [2.45, 2.75) is 25.6 Å². The number of nitrogens with zero attached hydrogens (tertiary/aromatic N) is 1. The molecule has 1 unspecified atom stereocenters.